The molecule has 5 rings (SSSR count). The molecule has 2 unspecified atom stereocenters. The van der Waals surface area contributed by atoms with Crippen molar-refractivity contribution in [3.63, 3.8) is 0 Å². The van der Waals surface area contributed by atoms with Crippen molar-refractivity contribution in [2.45, 2.75) is 12.0 Å². The lowest BCUT2D eigenvalue weighted by Crippen LogP contribution is -2.39. The molecule has 0 spiro atoms. The summed E-state index contributed by atoms with van der Waals surface area (Å²) in [6, 6.07) is 17.5. The number of nitrogens with zero attached hydrogens (tertiary/aromatic N) is 1. The first kappa shape index (κ1) is 18.6. The van der Waals surface area contributed by atoms with Crippen molar-refractivity contribution in [3.05, 3.63) is 83.6 Å². The third kappa shape index (κ3) is 3.32. The number of nitrogens with two attached hydrogens (primary N) is 1. The van der Waals surface area contributed by atoms with Gasteiger partial charge in [0.05, 0.1) is 12.2 Å². The molecule has 3 aromatic rings. The zero-order valence-electron chi connectivity index (χ0n) is 16.1. The standard InChI is InChI=1S/C23H16N2O6/c24-11-15-21(18-6-3-9-27-18)14-8-7-13(10-19(14)31-22(15)25)29-23(26)20-12-28-16-4-1-2-5-17(16)30-20/h1-10,20-21H,12,25H2. The lowest BCUT2D eigenvalue weighted by atomic mass is 9.87. The van der Waals surface area contributed by atoms with E-state index in [4.69, 9.17) is 29.1 Å². The Kier molecular flexibility index (Phi) is 4.49. The van der Waals surface area contributed by atoms with Crippen molar-refractivity contribution in [1.29, 1.82) is 5.26 Å². The van der Waals surface area contributed by atoms with Gasteiger partial charge in [0.2, 0.25) is 12.0 Å². The molecule has 2 aliphatic rings. The molecule has 8 nitrogen and oxygen atoms in total. The molecule has 0 fully saturated rings. The number of hydrogen-bond donors (Lipinski definition) is 1. The molecular formula is C23H16N2O6. The molecule has 2 aromatic carbocycles. The van der Waals surface area contributed by atoms with Crippen molar-refractivity contribution in [2.24, 2.45) is 5.73 Å². The van der Waals surface area contributed by atoms with Crippen LogP contribution in [0.4, 0.5) is 0 Å². The van der Waals surface area contributed by atoms with Crippen LogP contribution in [0.5, 0.6) is 23.0 Å². The van der Waals surface area contributed by atoms with Crippen LogP contribution in [-0.4, -0.2) is 18.7 Å². The van der Waals surface area contributed by atoms with Crippen LogP contribution in [0.15, 0.2) is 76.7 Å². The Morgan fingerprint density at radius 3 is 2.71 bits per heavy atom. The van der Waals surface area contributed by atoms with E-state index in [0.29, 0.717) is 28.6 Å². The highest BCUT2D eigenvalue weighted by Gasteiger charge is 2.34. The van der Waals surface area contributed by atoms with E-state index in [2.05, 4.69) is 6.07 Å². The maximum absolute atomic E-state index is 12.6. The van der Waals surface area contributed by atoms with Crippen molar-refractivity contribution in [3.8, 4) is 29.1 Å². The lowest BCUT2D eigenvalue weighted by Gasteiger charge is -2.26. The van der Waals surface area contributed by atoms with Gasteiger partial charge in [0.1, 0.15) is 35.5 Å². The Morgan fingerprint density at radius 2 is 1.94 bits per heavy atom. The molecule has 0 aliphatic carbocycles. The molecule has 2 atom stereocenters. The van der Waals surface area contributed by atoms with Gasteiger partial charge in [-0.2, -0.15) is 5.26 Å². The summed E-state index contributed by atoms with van der Waals surface area (Å²) in [5, 5.41) is 9.54. The van der Waals surface area contributed by atoms with Gasteiger partial charge in [0, 0.05) is 11.6 Å². The normalized spacial score (nSPS) is 19.1. The van der Waals surface area contributed by atoms with E-state index >= 15 is 0 Å². The van der Waals surface area contributed by atoms with E-state index < -0.39 is 18.0 Å². The van der Waals surface area contributed by atoms with Gasteiger partial charge in [-0.05, 0) is 30.3 Å². The SMILES string of the molecule is N#CC1=C(N)Oc2cc(OC(=O)C3COc4ccccc4O3)ccc2C1c1ccco1. The van der Waals surface area contributed by atoms with Gasteiger partial charge in [-0.25, -0.2) is 4.79 Å². The molecule has 2 aliphatic heterocycles. The number of hydrogen-bond acceptors (Lipinski definition) is 8. The third-order valence-corrected chi connectivity index (χ3v) is 5.01. The minimum Gasteiger partial charge on any atom is -0.485 e. The van der Waals surface area contributed by atoms with Crippen LogP contribution < -0.4 is 24.7 Å². The summed E-state index contributed by atoms with van der Waals surface area (Å²) >= 11 is 0. The molecule has 154 valence electrons. The van der Waals surface area contributed by atoms with E-state index in [1.165, 1.54) is 6.26 Å². The number of esters is 1. The number of allylic oxidation sites excluding steroid dienone is 1. The Hall–Kier alpha value is -4.38. The highest BCUT2D eigenvalue weighted by Crippen LogP contribution is 2.43. The van der Waals surface area contributed by atoms with Crippen molar-refractivity contribution < 1.29 is 28.2 Å². The molecule has 2 N–H and O–H groups in total. The maximum atomic E-state index is 12.6. The second-order valence-corrected chi connectivity index (χ2v) is 6.93. The summed E-state index contributed by atoms with van der Waals surface area (Å²) in [5.74, 6) is 1.09. The predicted octanol–water partition coefficient (Wildman–Crippen LogP) is 3.24. The summed E-state index contributed by atoms with van der Waals surface area (Å²) in [5.41, 5.74) is 6.88. The minimum absolute atomic E-state index is 0.0273. The molecule has 1 aromatic heterocycles. The second kappa shape index (κ2) is 7.46. The number of fused-ring (bicyclic) bond motifs is 2. The van der Waals surface area contributed by atoms with E-state index in [-0.39, 0.29) is 23.8 Å². The topological polar surface area (TPSA) is 117 Å². The number of ether oxygens (including phenoxy) is 4. The number of carbonyl (C=O) groups excluding carboxylic acids is 1. The predicted molar refractivity (Wildman–Crippen MR) is 106 cm³/mol. The number of benzene rings is 2. The Morgan fingerprint density at radius 1 is 1.10 bits per heavy atom. The van der Waals surface area contributed by atoms with Crippen LogP contribution >= 0.6 is 0 Å². The van der Waals surface area contributed by atoms with Crippen LogP contribution in [0.3, 0.4) is 0 Å². The lowest BCUT2D eigenvalue weighted by molar-refractivity contribution is -0.144. The second-order valence-electron chi connectivity index (χ2n) is 6.93. The zero-order chi connectivity index (χ0) is 21.4. The first-order valence-corrected chi connectivity index (χ1v) is 9.49. The Balaban J connectivity index is 1.39. The number of furan rings is 1. The molecule has 0 amide bonds. The van der Waals surface area contributed by atoms with Gasteiger partial charge in [-0.1, -0.05) is 18.2 Å². The monoisotopic (exact) mass is 416 g/mol. The van der Waals surface area contributed by atoms with E-state index in [1.54, 1.807) is 48.5 Å². The first-order valence-electron chi connectivity index (χ1n) is 9.49. The summed E-state index contributed by atoms with van der Waals surface area (Å²) in [6.45, 7) is 0.0407. The summed E-state index contributed by atoms with van der Waals surface area (Å²) < 4.78 is 27.9. The fourth-order valence-electron chi connectivity index (χ4n) is 3.56. The smallest absolute Gasteiger partial charge is 0.356 e. The fraction of sp³-hybridized carbons (Fsp3) is 0.130. The van der Waals surface area contributed by atoms with Crippen molar-refractivity contribution in [1.82, 2.24) is 0 Å². The summed E-state index contributed by atoms with van der Waals surface area (Å²) in [7, 11) is 0. The molecule has 3 heterocycles. The van der Waals surface area contributed by atoms with Gasteiger partial charge in [0.25, 0.3) is 0 Å². The summed E-state index contributed by atoms with van der Waals surface area (Å²) in [4.78, 5) is 12.6. The molecule has 0 radical (unpaired) electrons. The molecule has 31 heavy (non-hydrogen) atoms. The van der Waals surface area contributed by atoms with Gasteiger partial charge in [-0.15, -0.1) is 0 Å². The van der Waals surface area contributed by atoms with E-state index in [9.17, 15) is 10.1 Å². The van der Waals surface area contributed by atoms with Crippen LogP contribution in [0.1, 0.15) is 17.2 Å². The number of nitriles is 1. The average molecular weight is 416 g/mol. The van der Waals surface area contributed by atoms with Crippen LogP contribution in [0.25, 0.3) is 0 Å². The Labute approximate surface area is 177 Å². The average Bonchev–Trinajstić information content (AvgIpc) is 3.32. The fourth-order valence-corrected chi connectivity index (χ4v) is 3.56. The zero-order valence-corrected chi connectivity index (χ0v) is 16.1. The maximum Gasteiger partial charge on any atom is 0.356 e. The molecular weight excluding hydrogens is 400 g/mol. The largest absolute Gasteiger partial charge is 0.485 e. The van der Waals surface area contributed by atoms with Gasteiger partial charge < -0.3 is 29.1 Å². The van der Waals surface area contributed by atoms with E-state index in [0.717, 1.165) is 0 Å². The highest BCUT2D eigenvalue weighted by molar-refractivity contribution is 5.78. The minimum atomic E-state index is -0.905. The molecule has 8 heteroatoms. The van der Waals surface area contributed by atoms with Crippen molar-refractivity contribution >= 4 is 5.97 Å². The van der Waals surface area contributed by atoms with Crippen LogP contribution in [0.2, 0.25) is 0 Å². The number of rotatable bonds is 3. The highest BCUT2D eigenvalue weighted by atomic mass is 16.6. The van der Waals surface area contributed by atoms with E-state index in [1.807, 2.05) is 6.07 Å². The number of para-hydroxylation sites is 2. The summed E-state index contributed by atoms with van der Waals surface area (Å²) in [6.07, 6.45) is 0.619. The molecule has 0 saturated heterocycles. The van der Waals surface area contributed by atoms with Gasteiger partial charge in [0.15, 0.2) is 11.5 Å². The van der Waals surface area contributed by atoms with Crippen LogP contribution in [0, 0.1) is 11.3 Å². The molecule has 0 saturated carbocycles. The van der Waals surface area contributed by atoms with Crippen LogP contribution in [-0.2, 0) is 4.79 Å². The molecule has 0 bridgehead atoms. The quantitative estimate of drug-likeness (QED) is 0.511. The van der Waals surface area contributed by atoms with Gasteiger partial charge >= 0.3 is 5.97 Å². The Bertz CT molecular complexity index is 1230. The third-order valence-electron chi connectivity index (χ3n) is 5.01. The first-order chi connectivity index (χ1) is 15.1. The number of carbonyl (C=O) groups is 1. The van der Waals surface area contributed by atoms with Gasteiger partial charge in [-0.3, -0.25) is 0 Å². The van der Waals surface area contributed by atoms with Crippen molar-refractivity contribution in [2.75, 3.05) is 6.61 Å².